The van der Waals surface area contributed by atoms with E-state index < -0.39 is 67.3 Å². The van der Waals surface area contributed by atoms with E-state index in [1.807, 2.05) is 0 Å². The van der Waals surface area contributed by atoms with E-state index in [0.29, 0.717) is 19.3 Å². The number of ether oxygens (including phenoxy) is 5. The second-order valence-electron chi connectivity index (χ2n) is 20.2. The summed E-state index contributed by atoms with van der Waals surface area (Å²) in [5.74, 6) is -3.20. The third-order valence-corrected chi connectivity index (χ3v) is 13.0. The first-order valence-corrected chi connectivity index (χ1v) is 30.5. The minimum atomic E-state index is -1.92. The molecule has 0 aromatic carbocycles. The van der Waals surface area contributed by atoms with Crippen LogP contribution >= 0.6 is 0 Å². The van der Waals surface area contributed by atoms with Gasteiger partial charge in [-0.05, 0) is 122 Å². The van der Waals surface area contributed by atoms with E-state index in [9.17, 15) is 34.5 Å². The number of allylic oxidation sites excluding steroid dienone is 20. The molecule has 12 nitrogen and oxygen atoms in total. The molecule has 0 aromatic rings. The van der Waals surface area contributed by atoms with Gasteiger partial charge in [0.05, 0.1) is 6.61 Å². The first-order valence-electron chi connectivity index (χ1n) is 30.5. The number of aliphatic carboxylic acids is 1. The molecule has 12 heteroatoms. The highest BCUT2D eigenvalue weighted by Crippen LogP contribution is 2.26. The van der Waals surface area contributed by atoms with E-state index in [0.717, 1.165) is 167 Å². The molecule has 0 radical (unpaired) electrons. The molecule has 446 valence electrons. The van der Waals surface area contributed by atoms with E-state index in [-0.39, 0.29) is 25.9 Å². The Balaban J connectivity index is 2.70. The lowest BCUT2D eigenvalue weighted by atomic mass is 9.98. The summed E-state index contributed by atoms with van der Waals surface area (Å²) >= 11 is 0. The molecule has 1 heterocycles. The SMILES string of the molecule is CC/C=C\C/C=C\C/C=C\C/C=C\CCCCCCCCC(=O)OC1C(OCC(COC(=O)CCCCCC/C=C\C/C=C\C/C=C\C/C=C\CC)OC(=O)CCCCCCC/C=C\C/C=C\CCC)OC(C(=O)O)C(O)C1O. The van der Waals surface area contributed by atoms with Crippen molar-refractivity contribution in [2.24, 2.45) is 0 Å². The third-order valence-electron chi connectivity index (χ3n) is 13.0. The minimum Gasteiger partial charge on any atom is -0.479 e. The maximum absolute atomic E-state index is 13.1. The fraction of sp³-hybridized carbons (Fsp3) is 0.642. The number of aliphatic hydroxyl groups excluding tert-OH is 2. The maximum atomic E-state index is 13.1. The summed E-state index contributed by atoms with van der Waals surface area (Å²) in [6.45, 7) is 5.66. The van der Waals surface area contributed by atoms with Crippen LogP contribution in [0.5, 0.6) is 0 Å². The number of aliphatic hydroxyl groups is 2. The van der Waals surface area contributed by atoms with Crippen LogP contribution in [0.15, 0.2) is 122 Å². The first kappa shape index (κ1) is 72.1. The van der Waals surface area contributed by atoms with Crippen molar-refractivity contribution in [1.29, 1.82) is 0 Å². The van der Waals surface area contributed by atoms with Crippen molar-refractivity contribution < 1.29 is 58.2 Å². The van der Waals surface area contributed by atoms with E-state index in [1.54, 1.807) is 0 Å². The molecule has 0 amide bonds. The Morgan fingerprint density at radius 3 is 1.22 bits per heavy atom. The molecule has 1 rings (SSSR count). The first-order chi connectivity index (χ1) is 38.6. The van der Waals surface area contributed by atoms with E-state index in [1.165, 1.54) is 0 Å². The fourth-order valence-electron chi connectivity index (χ4n) is 8.39. The Labute approximate surface area is 478 Å². The molecule has 0 saturated carbocycles. The van der Waals surface area contributed by atoms with E-state index in [4.69, 9.17) is 23.7 Å². The van der Waals surface area contributed by atoms with Crippen molar-refractivity contribution in [3.63, 3.8) is 0 Å². The maximum Gasteiger partial charge on any atom is 0.335 e. The number of rotatable bonds is 50. The smallest absolute Gasteiger partial charge is 0.335 e. The second-order valence-corrected chi connectivity index (χ2v) is 20.2. The van der Waals surface area contributed by atoms with Gasteiger partial charge in [0, 0.05) is 19.3 Å². The number of carboxylic acid groups (broad SMARTS) is 1. The van der Waals surface area contributed by atoms with Gasteiger partial charge in [0.2, 0.25) is 0 Å². The van der Waals surface area contributed by atoms with Crippen LogP contribution in [0.1, 0.15) is 226 Å². The zero-order chi connectivity index (χ0) is 57.5. The van der Waals surface area contributed by atoms with Crippen molar-refractivity contribution in [3.8, 4) is 0 Å². The fourth-order valence-corrected chi connectivity index (χ4v) is 8.39. The van der Waals surface area contributed by atoms with Crippen molar-refractivity contribution in [2.45, 2.75) is 263 Å². The van der Waals surface area contributed by atoms with Gasteiger partial charge in [0.25, 0.3) is 0 Å². The lowest BCUT2D eigenvalue weighted by molar-refractivity contribution is -0.301. The monoisotopic (exact) mass is 1100 g/mol. The predicted molar refractivity (Wildman–Crippen MR) is 321 cm³/mol. The van der Waals surface area contributed by atoms with Crippen LogP contribution in [0.2, 0.25) is 0 Å². The van der Waals surface area contributed by atoms with Gasteiger partial charge < -0.3 is 39.0 Å². The summed E-state index contributed by atoms with van der Waals surface area (Å²) in [5, 5.41) is 31.5. The van der Waals surface area contributed by atoms with Crippen LogP contribution in [-0.4, -0.2) is 89.2 Å². The highest BCUT2D eigenvalue weighted by Gasteiger charge is 2.50. The molecule has 0 aliphatic carbocycles. The van der Waals surface area contributed by atoms with Crippen LogP contribution in [0.4, 0.5) is 0 Å². The van der Waals surface area contributed by atoms with Gasteiger partial charge in [-0.3, -0.25) is 14.4 Å². The highest BCUT2D eigenvalue weighted by atomic mass is 16.7. The molecule has 0 spiro atoms. The van der Waals surface area contributed by atoms with Gasteiger partial charge in [-0.1, -0.05) is 206 Å². The Kier molecular flexibility index (Phi) is 49.1. The summed E-state index contributed by atoms with van der Waals surface area (Å²) in [6.07, 6.45) is 61.6. The Morgan fingerprint density at radius 1 is 0.430 bits per heavy atom. The molecular formula is C67H106O12. The van der Waals surface area contributed by atoms with Crippen LogP contribution < -0.4 is 0 Å². The predicted octanol–water partition coefficient (Wildman–Crippen LogP) is 16.0. The standard InChI is InChI=1S/C67H106O12/c1-4-7-10-13-16-19-22-25-27-29-30-32-34-37-40-43-46-49-52-55-61(70)78-65-63(72)62(71)64(66(73)74)79-67(65)76-57-58(77-60(69)54-51-48-45-42-39-35-24-21-18-15-12-9-6-3)56-75-59(68)53-50-47-44-41-38-36-33-31-28-26-23-20-17-14-11-8-5-2/h7-8,10-12,15-17,19-21,24-28,30,32-33,36,58,62-65,67,71-72H,4-6,9,13-14,18,22-23,29,31,34-35,37-57H2,1-3H3,(H,73,74)/b10-7-,11-8-,15-12-,19-16-,20-17-,24-21-,27-25-,28-26-,32-30-,36-33-. The Hall–Kier alpha value is -4.88. The van der Waals surface area contributed by atoms with Gasteiger partial charge in [-0.15, -0.1) is 0 Å². The molecule has 3 N–H and O–H groups in total. The number of esters is 3. The molecule has 6 unspecified atom stereocenters. The van der Waals surface area contributed by atoms with Crippen LogP contribution in [0.25, 0.3) is 0 Å². The Morgan fingerprint density at radius 2 is 0.797 bits per heavy atom. The zero-order valence-corrected chi connectivity index (χ0v) is 49.1. The van der Waals surface area contributed by atoms with E-state index >= 15 is 0 Å². The molecule has 0 bridgehead atoms. The van der Waals surface area contributed by atoms with Crippen molar-refractivity contribution >= 4 is 23.9 Å². The van der Waals surface area contributed by atoms with Crippen LogP contribution in [-0.2, 0) is 42.9 Å². The lowest BCUT2D eigenvalue weighted by Gasteiger charge is -2.40. The minimum absolute atomic E-state index is 0.0336. The molecule has 1 aliphatic heterocycles. The second kappa shape index (κ2) is 53.7. The molecule has 1 aliphatic rings. The van der Waals surface area contributed by atoms with Gasteiger partial charge in [-0.2, -0.15) is 0 Å². The largest absolute Gasteiger partial charge is 0.479 e. The third kappa shape index (κ3) is 43.6. The van der Waals surface area contributed by atoms with Crippen LogP contribution in [0, 0.1) is 0 Å². The summed E-state index contributed by atoms with van der Waals surface area (Å²) in [7, 11) is 0. The molecule has 0 aromatic heterocycles. The molecule has 79 heavy (non-hydrogen) atoms. The summed E-state index contributed by atoms with van der Waals surface area (Å²) in [5.41, 5.74) is 0. The molecule has 1 fully saturated rings. The number of hydrogen-bond donors (Lipinski definition) is 3. The molecule has 6 atom stereocenters. The van der Waals surface area contributed by atoms with E-state index in [2.05, 4.69) is 142 Å². The normalized spacial score (nSPS) is 18.7. The molecular weight excluding hydrogens is 997 g/mol. The summed E-state index contributed by atoms with van der Waals surface area (Å²) < 4.78 is 28.4. The number of carbonyl (C=O) groups is 4. The average Bonchev–Trinajstić information content (AvgIpc) is 3.46. The average molecular weight is 1100 g/mol. The zero-order valence-electron chi connectivity index (χ0n) is 49.1. The Bertz CT molecular complexity index is 1840. The van der Waals surface area contributed by atoms with Gasteiger partial charge in [0.1, 0.15) is 18.8 Å². The number of hydrogen-bond acceptors (Lipinski definition) is 11. The van der Waals surface area contributed by atoms with Crippen molar-refractivity contribution in [3.05, 3.63) is 122 Å². The van der Waals surface area contributed by atoms with Gasteiger partial charge >= 0.3 is 23.9 Å². The summed E-state index contributed by atoms with van der Waals surface area (Å²) in [4.78, 5) is 51.2. The van der Waals surface area contributed by atoms with Crippen LogP contribution in [0.3, 0.4) is 0 Å². The number of unbranched alkanes of at least 4 members (excludes halogenated alkanes) is 16. The topological polar surface area (TPSA) is 175 Å². The lowest BCUT2D eigenvalue weighted by Crippen LogP contribution is -2.61. The molecule has 1 saturated heterocycles. The van der Waals surface area contributed by atoms with Gasteiger partial charge in [0.15, 0.2) is 24.6 Å². The van der Waals surface area contributed by atoms with Gasteiger partial charge in [-0.25, -0.2) is 4.79 Å². The number of carboxylic acids is 1. The quantitative estimate of drug-likeness (QED) is 0.0228. The van der Waals surface area contributed by atoms with Crippen molar-refractivity contribution in [1.82, 2.24) is 0 Å². The summed E-state index contributed by atoms with van der Waals surface area (Å²) in [6, 6.07) is 0. The van der Waals surface area contributed by atoms with Crippen molar-refractivity contribution in [2.75, 3.05) is 13.2 Å². The highest BCUT2D eigenvalue weighted by molar-refractivity contribution is 5.74. The number of carbonyl (C=O) groups excluding carboxylic acids is 3.